The molecule has 6 nitrogen and oxygen atoms in total. The maximum atomic E-state index is 13.9. The van der Waals surface area contributed by atoms with Gasteiger partial charge >= 0.3 is 12.1 Å². The average molecular weight is 492 g/mol. The molecule has 3 aromatic rings. The summed E-state index contributed by atoms with van der Waals surface area (Å²) in [6.45, 7) is 0.890. The van der Waals surface area contributed by atoms with Crippen LogP contribution in [0.2, 0.25) is 0 Å². The highest BCUT2D eigenvalue weighted by Crippen LogP contribution is 2.46. The second-order valence-corrected chi connectivity index (χ2v) is 10.9. The van der Waals surface area contributed by atoms with Crippen LogP contribution in [0.3, 0.4) is 0 Å². The van der Waals surface area contributed by atoms with E-state index in [9.17, 15) is 14.4 Å². The Bertz CT molecular complexity index is 1090. The van der Waals surface area contributed by atoms with Gasteiger partial charge in [-0.3, -0.25) is 4.79 Å². The van der Waals surface area contributed by atoms with Crippen LogP contribution in [0.15, 0.2) is 91.0 Å². The molecule has 182 valence electrons. The van der Waals surface area contributed by atoms with Gasteiger partial charge in [0.15, 0.2) is 5.78 Å². The molecule has 0 unspecified atom stereocenters. The standard InChI is InChI=1S/C28H30NO5P/c1-3-33-27(31)26(25(30)20-21-29-28(32)34-4-2)35(22-14-8-5-9-15-22,23-16-10-6-11-17-23)24-18-12-7-13-19-24/h5-19H,3-4,20-21H2,1-2H3,(H,29,32). The summed E-state index contributed by atoms with van der Waals surface area (Å²) in [5.74, 6) is -1.01. The highest BCUT2D eigenvalue weighted by atomic mass is 31.2. The fourth-order valence-corrected chi connectivity index (χ4v) is 8.36. The zero-order valence-electron chi connectivity index (χ0n) is 20.0. The lowest BCUT2D eigenvalue weighted by Crippen LogP contribution is -2.39. The minimum atomic E-state index is -2.93. The lowest BCUT2D eigenvalue weighted by molar-refractivity contribution is -0.135. The summed E-state index contributed by atoms with van der Waals surface area (Å²) in [6.07, 6.45) is -0.672. The molecule has 0 aliphatic heterocycles. The van der Waals surface area contributed by atoms with Gasteiger partial charge in [-0.1, -0.05) is 91.0 Å². The Labute approximate surface area is 206 Å². The third kappa shape index (κ3) is 5.90. The Hall–Kier alpha value is -3.63. The van der Waals surface area contributed by atoms with Crippen molar-refractivity contribution in [2.24, 2.45) is 0 Å². The SMILES string of the molecule is CCOC(=O)NCCC(=O)C(C(=O)OCC)=P(c1ccccc1)(c1ccccc1)c1ccccc1. The number of carbonyl (C=O) groups is 3. The molecule has 0 saturated heterocycles. The number of ketones is 1. The monoisotopic (exact) mass is 491 g/mol. The highest BCUT2D eigenvalue weighted by Gasteiger charge is 2.37. The van der Waals surface area contributed by atoms with Gasteiger partial charge in [0, 0.05) is 13.0 Å². The largest absolute Gasteiger partial charge is 0.462 e. The van der Waals surface area contributed by atoms with E-state index in [2.05, 4.69) is 5.32 Å². The highest BCUT2D eigenvalue weighted by molar-refractivity contribution is 7.97. The zero-order valence-corrected chi connectivity index (χ0v) is 20.9. The van der Waals surface area contributed by atoms with Gasteiger partial charge in [-0.2, -0.15) is 0 Å². The van der Waals surface area contributed by atoms with Crippen LogP contribution in [-0.4, -0.2) is 42.9 Å². The molecular weight excluding hydrogens is 461 g/mol. The maximum Gasteiger partial charge on any atom is 0.407 e. The third-order valence-electron chi connectivity index (χ3n) is 5.40. The van der Waals surface area contributed by atoms with Crippen molar-refractivity contribution in [3.63, 3.8) is 0 Å². The Balaban J connectivity index is 2.35. The molecule has 0 radical (unpaired) electrons. The summed E-state index contributed by atoms with van der Waals surface area (Å²) >= 11 is 0. The van der Waals surface area contributed by atoms with Crippen molar-refractivity contribution >= 4 is 45.9 Å². The van der Waals surface area contributed by atoms with E-state index in [0.717, 1.165) is 15.9 Å². The summed E-state index contributed by atoms with van der Waals surface area (Å²) in [6, 6.07) is 28.9. The van der Waals surface area contributed by atoms with E-state index in [4.69, 9.17) is 9.47 Å². The van der Waals surface area contributed by atoms with E-state index in [1.807, 2.05) is 91.0 Å². The van der Waals surface area contributed by atoms with Crippen molar-refractivity contribution in [2.45, 2.75) is 20.3 Å². The molecular formula is C28H30NO5P. The number of Topliss-reactive ketones (excluding diaryl/α,β-unsaturated/α-hetero) is 1. The fourth-order valence-electron chi connectivity index (χ4n) is 4.01. The van der Waals surface area contributed by atoms with Crippen molar-refractivity contribution in [3.8, 4) is 0 Å². The van der Waals surface area contributed by atoms with Gasteiger partial charge in [-0.05, 0) is 36.6 Å². The predicted octanol–water partition coefficient (Wildman–Crippen LogP) is 3.42. The van der Waals surface area contributed by atoms with Gasteiger partial charge in [0.2, 0.25) is 0 Å². The van der Waals surface area contributed by atoms with Crippen molar-refractivity contribution in [1.29, 1.82) is 0 Å². The van der Waals surface area contributed by atoms with Gasteiger partial charge in [0.05, 0.1) is 13.2 Å². The van der Waals surface area contributed by atoms with E-state index in [0.29, 0.717) is 0 Å². The summed E-state index contributed by atoms with van der Waals surface area (Å²) < 4.78 is 10.4. The number of rotatable bonds is 10. The van der Waals surface area contributed by atoms with Crippen LogP contribution in [0.4, 0.5) is 4.79 Å². The van der Waals surface area contributed by atoms with Gasteiger partial charge in [0.1, 0.15) is 5.29 Å². The summed E-state index contributed by atoms with van der Waals surface area (Å²) in [4.78, 5) is 39.2. The number of ether oxygens (including phenoxy) is 2. The quantitative estimate of drug-likeness (QED) is 0.267. The van der Waals surface area contributed by atoms with Crippen LogP contribution >= 0.6 is 6.89 Å². The molecule has 0 bridgehead atoms. The first-order chi connectivity index (χ1) is 17.1. The molecule has 3 rings (SSSR count). The minimum Gasteiger partial charge on any atom is -0.462 e. The Kier molecular flexibility index (Phi) is 9.45. The third-order valence-corrected chi connectivity index (χ3v) is 9.72. The zero-order chi connectivity index (χ0) is 25.1. The molecule has 0 spiro atoms. The molecule has 1 N–H and O–H groups in total. The molecule has 0 aromatic heterocycles. The molecule has 35 heavy (non-hydrogen) atoms. The van der Waals surface area contributed by atoms with Crippen LogP contribution in [0.5, 0.6) is 0 Å². The van der Waals surface area contributed by atoms with E-state index in [1.165, 1.54) is 0 Å². The normalized spacial score (nSPS) is 10.8. The topological polar surface area (TPSA) is 81.7 Å². The van der Waals surface area contributed by atoms with Gasteiger partial charge < -0.3 is 14.8 Å². The van der Waals surface area contributed by atoms with E-state index in [1.54, 1.807) is 13.8 Å². The van der Waals surface area contributed by atoms with Crippen molar-refractivity contribution in [2.75, 3.05) is 19.8 Å². The number of benzene rings is 3. The second-order valence-electron chi connectivity index (χ2n) is 7.57. The summed E-state index contributed by atoms with van der Waals surface area (Å²) in [5.41, 5.74) is 0. The second kappa shape index (κ2) is 12.7. The Morgan fingerprint density at radius 3 is 1.51 bits per heavy atom. The van der Waals surface area contributed by atoms with Crippen molar-refractivity contribution < 1.29 is 23.9 Å². The number of amides is 1. The first-order valence-corrected chi connectivity index (χ1v) is 13.4. The first kappa shape index (κ1) is 26.0. The lowest BCUT2D eigenvalue weighted by Gasteiger charge is -2.31. The number of esters is 1. The number of carbonyl (C=O) groups excluding carboxylic acids is 3. The molecule has 0 aliphatic rings. The average Bonchev–Trinajstić information content (AvgIpc) is 2.89. The fraction of sp³-hybridized carbons (Fsp3) is 0.214. The van der Waals surface area contributed by atoms with E-state index < -0.39 is 18.9 Å². The van der Waals surface area contributed by atoms with Crippen molar-refractivity contribution in [1.82, 2.24) is 5.32 Å². The van der Waals surface area contributed by atoms with Crippen molar-refractivity contribution in [3.05, 3.63) is 91.0 Å². The maximum absolute atomic E-state index is 13.9. The number of hydrogen-bond acceptors (Lipinski definition) is 5. The summed E-state index contributed by atoms with van der Waals surface area (Å²) in [5, 5.41) is 5.28. The first-order valence-electron chi connectivity index (χ1n) is 11.6. The molecule has 0 atom stereocenters. The molecule has 0 aliphatic carbocycles. The molecule has 0 heterocycles. The van der Waals surface area contributed by atoms with Crippen LogP contribution in [-0.2, 0) is 19.1 Å². The molecule has 0 saturated carbocycles. The van der Waals surface area contributed by atoms with E-state index >= 15 is 0 Å². The Morgan fingerprint density at radius 2 is 1.11 bits per heavy atom. The van der Waals surface area contributed by atoms with Crippen LogP contribution in [0.1, 0.15) is 20.3 Å². The minimum absolute atomic E-state index is 0.0406. The molecule has 1 amide bonds. The Morgan fingerprint density at radius 1 is 0.686 bits per heavy atom. The molecule has 3 aromatic carbocycles. The number of hydrogen-bond donors (Lipinski definition) is 1. The van der Waals surface area contributed by atoms with Crippen LogP contribution in [0, 0.1) is 0 Å². The van der Waals surface area contributed by atoms with Crippen LogP contribution in [0.25, 0.3) is 0 Å². The molecule has 0 fully saturated rings. The van der Waals surface area contributed by atoms with E-state index in [-0.39, 0.29) is 37.3 Å². The molecule has 7 heteroatoms. The lowest BCUT2D eigenvalue weighted by atomic mass is 10.2. The smallest absolute Gasteiger partial charge is 0.407 e. The predicted molar refractivity (Wildman–Crippen MR) is 141 cm³/mol. The summed E-state index contributed by atoms with van der Waals surface area (Å²) in [7, 11) is 0. The van der Waals surface area contributed by atoms with Gasteiger partial charge in [0.25, 0.3) is 0 Å². The number of nitrogens with one attached hydrogen (secondary N) is 1. The van der Waals surface area contributed by atoms with Gasteiger partial charge in [-0.15, -0.1) is 0 Å². The van der Waals surface area contributed by atoms with Gasteiger partial charge in [-0.25, -0.2) is 9.59 Å². The van der Waals surface area contributed by atoms with Crippen LogP contribution < -0.4 is 21.2 Å². The number of alkyl carbamates (subject to hydrolysis) is 1.